The molecule has 3 rings (SSSR count). The molecule has 1 aromatic carbocycles. The van der Waals surface area contributed by atoms with Crippen molar-refractivity contribution in [1.82, 2.24) is 5.32 Å². The predicted octanol–water partition coefficient (Wildman–Crippen LogP) is 4.72. The number of hydrogen-bond acceptors (Lipinski definition) is 4. The number of allylic oxidation sites excluding steroid dienone is 3. The fourth-order valence-corrected chi connectivity index (χ4v) is 4.77. The van der Waals surface area contributed by atoms with E-state index in [9.17, 15) is 14.0 Å². The number of nitrogens with zero attached hydrogens (tertiary/aromatic N) is 1. The highest BCUT2D eigenvalue weighted by atomic mass is 127. The molecule has 2 aliphatic heterocycles. The summed E-state index contributed by atoms with van der Waals surface area (Å²) in [6.07, 6.45) is -0.0110. The van der Waals surface area contributed by atoms with Gasteiger partial charge in [-0.1, -0.05) is 0 Å². The third-order valence-corrected chi connectivity index (χ3v) is 5.79. The minimum Gasteiger partial charge on any atom is -0.444 e. The molecule has 0 aromatic heterocycles. The zero-order valence-electron chi connectivity index (χ0n) is 15.2. The third kappa shape index (κ3) is 3.86. The van der Waals surface area contributed by atoms with Crippen LogP contribution < -0.4 is 10.2 Å². The number of carbonyl (C=O) groups excluding carboxylic acids is 2. The maximum atomic E-state index is 14.3. The standard InChI is InChI=1S/C19H19ClFIN2O3/c1-19(2,3)27-18(26)23-14-4-5-24-15(8-20)16(22)13(9-25)11-6-10(21)7-12(14)17(11)24/h6-7,14H,4-5,8H2,1-3H3,(H,23,26). The Balaban J connectivity index is 2.07. The van der Waals surface area contributed by atoms with E-state index in [-0.39, 0.29) is 11.5 Å². The van der Waals surface area contributed by atoms with Gasteiger partial charge in [0.2, 0.25) is 0 Å². The number of benzene rings is 1. The molecule has 2 heterocycles. The largest absolute Gasteiger partial charge is 0.444 e. The monoisotopic (exact) mass is 504 g/mol. The van der Waals surface area contributed by atoms with E-state index in [4.69, 9.17) is 16.3 Å². The fraction of sp³-hybridized carbons (Fsp3) is 0.421. The number of halogens is 3. The number of anilines is 1. The van der Waals surface area contributed by atoms with Crippen LogP contribution in [0.3, 0.4) is 0 Å². The Bertz CT molecular complexity index is 888. The van der Waals surface area contributed by atoms with Gasteiger partial charge in [-0.2, -0.15) is 0 Å². The first-order chi connectivity index (χ1) is 12.7. The molecule has 1 N–H and O–H groups in total. The number of alkyl carbamates (subject to hydrolysis) is 1. The number of amides is 1. The second kappa shape index (κ2) is 7.45. The van der Waals surface area contributed by atoms with Gasteiger partial charge < -0.3 is 15.0 Å². The predicted molar refractivity (Wildman–Crippen MR) is 111 cm³/mol. The molecule has 1 amide bonds. The summed E-state index contributed by atoms with van der Waals surface area (Å²) in [5.74, 6) is 1.65. The molecule has 5 nitrogen and oxygen atoms in total. The number of carbonyl (C=O) groups is 1. The summed E-state index contributed by atoms with van der Waals surface area (Å²) in [5, 5.41) is 2.82. The molecule has 0 aliphatic carbocycles. The lowest BCUT2D eigenvalue weighted by Gasteiger charge is -2.41. The van der Waals surface area contributed by atoms with Gasteiger partial charge in [-0.15, -0.1) is 11.6 Å². The number of nitrogens with one attached hydrogen (secondary N) is 1. The summed E-state index contributed by atoms with van der Waals surface area (Å²) in [6, 6.07) is 2.28. The normalized spacial score (nSPS) is 18.8. The molecule has 0 saturated heterocycles. The topological polar surface area (TPSA) is 58.6 Å². The van der Waals surface area contributed by atoms with Crippen LogP contribution >= 0.6 is 34.2 Å². The van der Waals surface area contributed by atoms with E-state index < -0.39 is 23.6 Å². The number of rotatable bonds is 2. The van der Waals surface area contributed by atoms with Crippen LogP contribution in [-0.4, -0.2) is 30.1 Å². The summed E-state index contributed by atoms with van der Waals surface area (Å²) in [6.45, 7) is 5.91. The Hall–Kier alpha value is -1.57. The molecule has 0 radical (unpaired) electrons. The molecule has 0 bridgehead atoms. The van der Waals surface area contributed by atoms with Gasteiger partial charge in [0, 0.05) is 23.4 Å². The van der Waals surface area contributed by atoms with Gasteiger partial charge in [-0.25, -0.2) is 14.0 Å². The molecule has 0 saturated carbocycles. The van der Waals surface area contributed by atoms with Crippen molar-refractivity contribution in [2.75, 3.05) is 17.3 Å². The Labute approximate surface area is 175 Å². The van der Waals surface area contributed by atoms with Crippen molar-refractivity contribution in [2.45, 2.75) is 38.8 Å². The summed E-state index contributed by atoms with van der Waals surface area (Å²) < 4.78 is 20.3. The summed E-state index contributed by atoms with van der Waals surface area (Å²) in [4.78, 5) is 25.8. The van der Waals surface area contributed by atoms with Crippen LogP contribution in [0, 0.1) is 5.82 Å². The van der Waals surface area contributed by atoms with Gasteiger partial charge in [-0.05, 0) is 61.9 Å². The van der Waals surface area contributed by atoms with E-state index in [2.05, 4.69) is 5.32 Å². The molecule has 144 valence electrons. The van der Waals surface area contributed by atoms with Crippen LogP contribution in [0.1, 0.15) is 44.4 Å². The van der Waals surface area contributed by atoms with Gasteiger partial charge in [0.05, 0.1) is 26.8 Å². The van der Waals surface area contributed by atoms with E-state index in [1.54, 1.807) is 20.8 Å². The minimum atomic E-state index is -0.635. The highest BCUT2D eigenvalue weighted by molar-refractivity contribution is 14.1. The van der Waals surface area contributed by atoms with Gasteiger partial charge in [0.25, 0.3) is 0 Å². The second-order valence-electron chi connectivity index (χ2n) is 7.40. The van der Waals surface area contributed by atoms with Gasteiger partial charge in [-0.3, -0.25) is 0 Å². The second-order valence-corrected chi connectivity index (χ2v) is 8.75. The summed E-state index contributed by atoms with van der Waals surface area (Å²) >= 11 is 8.17. The van der Waals surface area contributed by atoms with E-state index in [0.29, 0.717) is 33.4 Å². The van der Waals surface area contributed by atoms with Crippen LogP contribution in [0.5, 0.6) is 0 Å². The first kappa shape index (κ1) is 20.2. The van der Waals surface area contributed by atoms with Crippen LogP contribution in [0.15, 0.2) is 21.4 Å². The lowest BCUT2D eigenvalue weighted by Crippen LogP contribution is -2.41. The molecule has 0 fully saturated rings. The molecule has 1 unspecified atom stereocenters. The van der Waals surface area contributed by atoms with Crippen LogP contribution in [-0.2, 0) is 9.53 Å². The smallest absolute Gasteiger partial charge is 0.408 e. The zero-order valence-corrected chi connectivity index (χ0v) is 18.1. The minimum absolute atomic E-state index is 0.212. The molecule has 1 aromatic rings. The lowest BCUT2D eigenvalue weighted by atomic mass is 9.87. The van der Waals surface area contributed by atoms with E-state index in [0.717, 1.165) is 5.70 Å². The SMILES string of the molecule is CC(C)(C)OC(=O)NC1CCN2C(CCl)=C(I)C(=C=O)c3cc(F)cc1c32. The number of alkyl halides is 1. The summed E-state index contributed by atoms with van der Waals surface area (Å²) in [7, 11) is 0. The Kier molecular flexibility index (Phi) is 5.57. The van der Waals surface area contributed by atoms with E-state index >= 15 is 0 Å². The van der Waals surface area contributed by atoms with Crippen molar-refractivity contribution in [2.24, 2.45) is 0 Å². The molecular formula is C19H19ClFIN2O3. The Morgan fingerprint density at radius 3 is 2.78 bits per heavy atom. The Morgan fingerprint density at radius 1 is 1.48 bits per heavy atom. The third-order valence-electron chi connectivity index (χ3n) is 4.38. The van der Waals surface area contributed by atoms with Gasteiger partial charge in [0.1, 0.15) is 17.4 Å². The number of ether oxygens (including phenoxy) is 1. The first-order valence-electron chi connectivity index (χ1n) is 8.47. The quantitative estimate of drug-likeness (QED) is 0.360. The van der Waals surface area contributed by atoms with Crippen molar-refractivity contribution in [3.8, 4) is 0 Å². The van der Waals surface area contributed by atoms with Crippen LogP contribution in [0.2, 0.25) is 0 Å². The van der Waals surface area contributed by atoms with Crippen molar-refractivity contribution in [3.05, 3.63) is 38.4 Å². The van der Waals surface area contributed by atoms with Gasteiger partial charge >= 0.3 is 6.09 Å². The highest BCUT2D eigenvalue weighted by Gasteiger charge is 2.37. The van der Waals surface area contributed by atoms with E-state index in [1.165, 1.54) is 12.1 Å². The molecule has 27 heavy (non-hydrogen) atoms. The van der Waals surface area contributed by atoms with Crippen molar-refractivity contribution in [3.63, 3.8) is 0 Å². The molecule has 0 spiro atoms. The maximum Gasteiger partial charge on any atom is 0.408 e. The van der Waals surface area contributed by atoms with Gasteiger partial charge in [0.15, 0.2) is 0 Å². The van der Waals surface area contributed by atoms with Crippen molar-refractivity contribution >= 4 is 57.5 Å². The zero-order chi connectivity index (χ0) is 19.9. The fourth-order valence-electron chi connectivity index (χ4n) is 3.38. The average Bonchev–Trinajstić information content (AvgIpc) is 2.55. The molecule has 1 atom stereocenters. The van der Waals surface area contributed by atoms with Crippen molar-refractivity contribution in [1.29, 1.82) is 0 Å². The van der Waals surface area contributed by atoms with E-state index in [1.807, 2.05) is 33.4 Å². The number of hydrogen-bond donors (Lipinski definition) is 1. The lowest BCUT2D eigenvalue weighted by molar-refractivity contribution is 0.0500. The first-order valence-corrected chi connectivity index (χ1v) is 10.1. The van der Waals surface area contributed by atoms with Crippen molar-refractivity contribution < 1.29 is 18.7 Å². The maximum absolute atomic E-state index is 14.3. The molecule has 8 heteroatoms. The summed E-state index contributed by atoms with van der Waals surface area (Å²) in [5.41, 5.74) is 2.20. The average molecular weight is 505 g/mol. The van der Waals surface area contributed by atoms with Crippen LogP contribution in [0.25, 0.3) is 5.57 Å². The molecule has 2 aliphatic rings. The van der Waals surface area contributed by atoms with Crippen LogP contribution in [0.4, 0.5) is 14.9 Å². The Morgan fingerprint density at radius 2 is 2.19 bits per heavy atom. The highest BCUT2D eigenvalue weighted by Crippen LogP contribution is 2.48. The molecular weight excluding hydrogens is 486 g/mol.